The predicted molar refractivity (Wildman–Crippen MR) is 79.1 cm³/mol. The van der Waals surface area contributed by atoms with Gasteiger partial charge in [0.05, 0.1) is 12.8 Å². The van der Waals surface area contributed by atoms with E-state index in [2.05, 4.69) is 10.3 Å². The summed E-state index contributed by atoms with van der Waals surface area (Å²) in [5.41, 5.74) is 0.393. The summed E-state index contributed by atoms with van der Waals surface area (Å²) in [6.45, 7) is 3.28. The summed E-state index contributed by atoms with van der Waals surface area (Å²) in [5.74, 6) is -0.145. The molecule has 0 unspecified atom stereocenters. The fraction of sp³-hybridized carbons (Fsp3) is 0.286. The molecule has 0 radical (unpaired) electrons. The molecule has 1 aromatic carbocycles. The van der Waals surface area contributed by atoms with E-state index in [0.717, 1.165) is 11.4 Å². The van der Waals surface area contributed by atoms with E-state index >= 15 is 0 Å². The third kappa shape index (κ3) is 2.91. The topological polar surface area (TPSA) is 71.5 Å². The number of thiazole rings is 1. The first kappa shape index (κ1) is 14.3. The average molecular weight is 292 g/mol. The highest BCUT2D eigenvalue weighted by Gasteiger charge is 2.32. The Hall–Kier alpha value is -2.08. The zero-order valence-corrected chi connectivity index (χ0v) is 12.3. The standard InChI is InChI=1S/C14H16N2O3S/c1-14(2,12(17)18)11-8-20-13(16-11)15-9-5-4-6-10(7-9)19-3/h4-8H,1-3H3,(H,15,16)(H,17,18). The molecule has 20 heavy (non-hydrogen) atoms. The van der Waals surface area contributed by atoms with Gasteiger partial charge in [0.25, 0.3) is 0 Å². The maximum Gasteiger partial charge on any atom is 0.315 e. The molecular formula is C14H16N2O3S. The number of benzene rings is 1. The van der Waals surface area contributed by atoms with Crippen LogP contribution in [0, 0.1) is 0 Å². The summed E-state index contributed by atoms with van der Waals surface area (Å²) in [6, 6.07) is 7.47. The van der Waals surface area contributed by atoms with Crippen LogP contribution in [0.5, 0.6) is 5.75 Å². The minimum atomic E-state index is -0.995. The van der Waals surface area contributed by atoms with E-state index in [-0.39, 0.29) is 0 Å². The van der Waals surface area contributed by atoms with Gasteiger partial charge in [0, 0.05) is 17.1 Å². The van der Waals surface area contributed by atoms with Crippen molar-refractivity contribution >= 4 is 28.1 Å². The van der Waals surface area contributed by atoms with Gasteiger partial charge >= 0.3 is 5.97 Å². The van der Waals surface area contributed by atoms with Gasteiger partial charge in [-0.1, -0.05) is 6.07 Å². The van der Waals surface area contributed by atoms with Crippen LogP contribution in [0.3, 0.4) is 0 Å². The van der Waals surface area contributed by atoms with E-state index in [9.17, 15) is 9.90 Å². The Bertz CT molecular complexity index is 622. The zero-order valence-electron chi connectivity index (χ0n) is 11.5. The Morgan fingerprint density at radius 2 is 2.20 bits per heavy atom. The second kappa shape index (κ2) is 5.50. The molecular weight excluding hydrogens is 276 g/mol. The third-order valence-corrected chi connectivity index (χ3v) is 3.76. The minimum absolute atomic E-state index is 0.542. The lowest BCUT2D eigenvalue weighted by Gasteiger charge is -2.15. The molecule has 6 heteroatoms. The Morgan fingerprint density at radius 1 is 1.45 bits per heavy atom. The van der Waals surface area contributed by atoms with Crippen LogP contribution in [0.15, 0.2) is 29.6 Å². The Labute approximate surface area is 121 Å². The summed E-state index contributed by atoms with van der Waals surface area (Å²) < 4.78 is 5.15. The molecule has 0 aliphatic rings. The lowest BCUT2D eigenvalue weighted by atomic mass is 9.90. The smallest absolute Gasteiger partial charge is 0.315 e. The minimum Gasteiger partial charge on any atom is -0.497 e. The predicted octanol–water partition coefficient (Wildman–Crippen LogP) is 3.26. The van der Waals surface area contributed by atoms with E-state index in [1.54, 1.807) is 26.3 Å². The van der Waals surface area contributed by atoms with Gasteiger partial charge in [0.1, 0.15) is 11.2 Å². The number of ether oxygens (including phenoxy) is 1. The number of nitrogens with zero attached hydrogens (tertiary/aromatic N) is 1. The molecule has 1 heterocycles. The SMILES string of the molecule is COc1cccc(Nc2nc(C(C)(C)C(=O)O)cs2)c1. The highest BCUT2D eigenvalue weighted by atomic mass is 32.1. The van der Waals surface area contributed by atoms with Crippen molar-refractivity contribution in [2.45, 2.75) is 19.3 Å². The normalized spacial score (nSPS) is 11.2. The molecule has 106 valence electrons. The number of hydrogen-bond acceptors (Lipinski definition) is 5. The number of anilines is 2. The summed E-state index contributed by atoms with van der Waals surface area (Å²) in [6.07, 6.45) is 0. The molecule has 0 spiro atoms. The maximum atomic E-state index is 11.2. The van der Waals surface area contributed by atoms with Crippen LogP contribution in [-0.4, -0.2) is 23.2 Å². The highest BCUT2D eigenvalue weighted by Crippen LogP contribution is 2.29. The number of methoxy groups -OCH3 is 1. The van der Waals surface area contributed by atoms with E-state index < -0.39 is 11.4 Å². The number of carboxylic acids is 1. The van der Waals surface area contributed by atoms with Crippen LogP contribution >= 0.6 is 11.3 Å². The molecule has 5 nitrogen and oxygen atoms in total. The van der Waals surface area contributed by atoms with Crippen LogP contribution in [0.1, 0.15) is 19.5 Å². The van der Waals surface area contributed by atoms with Crippen molar-refractivity contribution in [2.75, 3.05) is 12.4 Å². The fourth-order valence-electron chi connectivity index (χ4n) is 1.55. The molecule has 0 saturated heterocycles. The molecule has 0 fully saturated rings. The number of aromatic nitrogens is 1. The molecule has 1 aromatic heterocycles. The van der Waals surface area contributed by atoms with E-state index in [0.29, 0.717) is 10.8 Å². The van der Waals surface area contributed by atoms with Gasteiger partial charge in [-0.2, -0.15) is 0 Å². The van der Waals surface area contributed by atoms with Gasteiger partial charge in [0.2, 0.25) is 0 Å². The highest BCUT2D eigenvalue weighted by molar-refractivity contribution is 7.13. The molecule has 0 saturated carbocycles. The molecule has 0 aliphatic carbocycles. The Morgan fingerprint density at radius 3 is 2.85 bits per heavy atom. The average Bonchev–Trinajstić information content (AvgIpc) is 2.88. The van der Waals surface area contributed by atoms with Crippen LogP contribution in [-0.2, 0) is 10.2 Å². The van der Waals surface area contributed by atoms with Crippen molar-refractivity contribution < 1.29 is 14.6 Å². The van der Waals surface area contributed by atoms with Crippen molar-refractivity contribution in [3.63, 3.8) is 0 Å². The van der Waals surface area contributed by atoms with E-state index in [1.165, 1.54) is 11.3 Å². The van der Waals surface area contributed by atoms with Crippen molar-refractivity contribution in [3.05, 3.63) is 35.3 Å². The second-order valence-electron chi connectivity index (χ2n) is 4.83. The molecule has 2 rings (SSSR count). The van der Waals surface area contributed by atoms with Gasteiger partial charge < -0.3 is 15.2 Å². The van der Waals surface area contributed by atoms with Gasteiger partial charge in [0.15, 0.2) is 5.13 Å². The van der Waals surface area contributed by atoms with Crippen LogP contribution < -0.4 is 10.1 Å². The maximum absolute atomic E-state index is 11.2. The van der Waals surface area contributed by atoms with Crippen LogP contribution in [0.25, 0.3) is 0 Å². The first-order valence-corrected chi connectivity index (χ1v) is 6.92. The number of carbonyl (C=O) groups is 1. The quantitative estimate of drug-likeness (QED) is 0.885. The van der Waals surface area contributed by atoms with Gasteiger partial charge in [-0.15, -0.1) is 11.3 Å². The van der Waals surface area contributed by atoms with Crippen LogP contribution in [0.4, 0.5) is 10.8 Å². The lowest BCUT2D eigenvalue weighted by Crippen LogP contribution is -2.28. The Balaban J connectivity index is 2.19. The summed E-state index contributed by atoms with van der Waals surface area (Å²) in [4.78, 5) is 15.5. The second-order valence-corrected chi connectivity index (χ2v) is 5.68. The van der Waals surface area contributed by atoms with Crippen molar-refractivity contribution in [2.24, 2.45) is 0 Å². The van der Waals surface area contributed by atoms with Gasteiger partial charge in [-0.3, -0.25) is 4.79 Å². The third-order valence-electron chi connectivity index (χ3n) is 3.00. The fourth-order valence-corrected chi connectivity index (χ4v) is 2.45. The van der Waals surface area contributed by atoms with E-state index in [1.807, 2.05) is 24.3 Å². The van der Waals surface area contributed by atoms with Crippen molar-refractivity contribution in [1.29, 1.82) is 0 Å². The van der Waals surface area contributed by atoms with Crippen molar-refractivity contribution in [3.8, 4) is 5.75 Å². The molecule has 0 aliphatic heterocycles. The van der Waals surface area contributed by atoms with Gasteiger partial charge in [-0.05, 0) is 26.0 Å². The molecule has 2 aromatic rings. The summed E-state index contributed by atoms with van der Waals surface area (Å²) in [7, 11) is 1.61. The van der Waals surface area contributed by atoms with Gasteiger partial charge in [-0.25, -0.2) is 4.98 Å². The first-order valence-electron chi connectivity index (χ1n) is 6.04. The zero-order chi connectivity index (χ0) is 14.8. The summed E-state index contributed by atoms with van der Waals surface area (Å²) in [5, 5.41) is 14.7. The summed E-state index contributed by atoms with van der Waals surface area (Å²) >= 11 is 1.38. The largest absolute Gasteiger partial charge is 0.497 e. The number of carboxylic acid groups (broad SMARTS) is 1. The molecule has 2 N–H and O–H groups in total. The first-order chi connectivity index (χ1) is 9.43. The molecule has 0 bridgehead atoms. The van der Waals surface area contributed by atoms with Crippen LogP contribution in [0.2, 0.25) is 0 Å². The lowest BCUT2D eigenvalue weighted by molar-refractivity contribution is -0.142. The Kier molecular flexibility index (Phi) is 3.94. The number of nitrogens with one attached hydrogen (secondary N) is 1. The number of rotatable bonds is 5. The van der Waals surface area contributed by atoms with E-state index in [4.69, 9.17) is 4.74 Å². The number of hydrogen-bond donors (Lipinski definition) is 2. The number of aliphatic carboxylic acids is 1. The molecule has 0 atom stereocenters. The van der Waals surface area contributed by atoms with Crippen molar-refractivity contribution in [1.82, 2.24) is 4.98 Å². The molecule has 0 amide bonds. The monoisotopic (exact) mass is 292 g/mol.